The van der Waals surface area contributed by atoms with E-state index >= 15 is 0 Å². The van der Waals surface area contributed by atoms with Crippen molar-refractivity contribution in [1.29, 1.82) is 0 Å². The Morgan fingerprint density at radius 3 is 2.37 bits per heavy atom. The van der Waals surface area contributed by atoms with Crippen molar-refractivity contribution in [2.24, 2.45) is 11.1 Å². The summed E-state index contributed by atoms with van der Waals surface area (Å²) in [7, 11) is 0. The van der Waals surface area contributed by atoms with Gasteiger partial charge in [-0.3, -0.25) is 4.79 Å². The van der Waals surface area contributed by atoms with Crippen molar-refractivity contribution in [3.05, 3.63) is 29.8 Å². The second-order valence-corrected chi connectivity index (χ2v) is 6.63. The Morgan fingerprint density at radius 2 is 1.84 bits per heavy atom. The van der Waals surface area contributed by atoms with E-state index in [1.807, 2.05) is 24.3 Å². The molecule has 0 aliphatic heterocycles. The highest BCUT2D eigenvalue weighted by atomic mass is 16.1. The minimum absolute atomic E-state index is 0.158. The second kappa shape index (κ2) is 4.87. The van der Waals surface area contributed by atoms with Crippen LogP contribution >= 0.6 is 0 Å². The van der Waals surface area contributed by atoms with E-state index in [0.29, 0.717) is 0 Å². The summed E-state index contributed by atoms with van der Waals surface area (Å²) in [6.45, 7) is 6.47. The van der Waals surface area contributed by atoms with Crippen molar-refractivity contribution in [3.63, 3.8) is 0 Å². The van der Waals surface area contributed by atoms with E-state index in [1.54, 1.807) is 0 Å². The van der Waals surface area contributed by atoms with Gasteiger partial charge in [-0.25, -0.2) is 0 Å². The first-order valence-corrected chi connectivity index (χ1v) is 6.98. The molecule has 1 saturated carbocycles. The lowest BCUT2D eigenvalue weighted by Crippen LogP contribution is -2.55. The second-order valence-electron chi connectivity index (χ2n) is 6.63. The highest BCUT2D eigenvalue weighted by molar-refractivity contribution is 5.88. The topological polar surface area (TPSA) is 55.1 Å². The highest BCUT2D eigenvalue weighted by Crippen LogP contribution is 2.42. The van der Waals surface area contributed by atoms with Gasteiger partial charge >= 0.3 is 0 Å². The SMILES string of the molecule is Cc1ccc(NC2(C(N)=O)CCCC(C)(C)C2)cc1. The fraction of sp³-hybridized carbons (Fsp3) is 0.562. The predicted molar refractivity (Wildman–Crippen MR) is 79.0 cm³/mol. The van der Waals surface area contributed by atoms with Crippen LogP contribution < -0.4 is 11.1 Å². The van der Waals surface area contributed by atoms with Gasteiger partial charge in [-0.15, -0.1) is 0 Å². The number of benzene rings is 1. The van der Waals surface area contributed by atoms with Crippen molar-refractivity contribution < 1.29 is 4.79 Å². The van der Waals surface area contributed by atoms with Crippen LogP contribution in [0.15, 0.2) is 24.3 Å². The first-order valence-electron chi connectivity index (χ1n) is 6.98. The van der Waals surface area contributed by atoms with E-state index in [-0.39, 0.29) is 11.3 Å². The summed E-state index contributed by atoms with van der Waals surface area (Å²) in [5.41, 5.74) is 7.44. The first kappa shape index (κ1) is 13.9. The number of aryl methyl sites for hydroxylation is 1. The highest BCUT2D eigenvalue weighted by Gasteiger charge is 2.44. The lowest BCUT2D eigenvalue weighted by Gasteiger charge is -2.43. The zero-order chi connectivity index (χ0) is 14.1. The number of carbonyl (C=O) groups is 1. The van der Waals surface area contributed by atoms with E-state index in [0.717, 1.165) is 31.4 Å². The molecule has 1 atom stereocenters. The molecule has 1 fully saturated rings. The molecular weight excluding hydrogens is 236 g/mol. The maximum absolute atomic E-state index is 12.0. The summed E-state index contributed by atoms with van der Waals surface area (Å²) < 4.78 is 0. The Kier molecular flexibility index (Phi) is 3.57. The third-order valence-corrected chi connectivity index (χ3v) is 4.14. The fourth-order valence-corrected chi connectivity index (χ4v) is 3.15. The van der Waals surface area contributed by atoms with E-state index in [4.69, 9.17) is 5.73 Å². The normalized spacial score (nSPS) is 25.8. The number of nitrogens with one attached hydrogen (secondary N) is 1. The predicted octanol–water partition coefficient (Wildman–Crippen LogP) is 3.23. The van der Waals surface area contributed by atoms with Gasteiger partial charge in [-0.1, -0.05) is 38.0 Å². The van der Waals surface area contributed by atoms with Crippen LogP contribution in [0.1, 0.15) is 45.1 Å². The molecule has 104 valence electrons. The largest absolute Gasteiger partial charge is 0.371 e. The van der Waals surface area contributed by atoms with Gasteiger partial charge in [0.1, 0.15) is 5.54 Å². The molecule has 0 radical (unpaired) electrons. The van der Waals surface area contributed by atoms with Crippen molar-refractivity contribution in [3.8, 4) is 0 Å². The number of carbonyl (C=O) groups excluding carboxylic acids is 1. The van der Waals surface area contributed by atoms with Gasteiger partial charge in [0.25, 0.3) is 0 Å². The van der Waals surface area contributed by atoms with Gasteiger partial charge < -0.3 is 11.1 Å². The van der Waals surface area contributed by atoms with Gasteiger partial charge in [0.2, 0.25) is 5.91 Å². The first-order chi connectivity index (χ1) is 8.83. The van der Waals surface area contributed by atoms with Crippen LogP contribution in [0.3, 0.4) is 0 Å². The summed E-state index contributed by atoms with van der Waals surface area (Å²) >= 11 is 0. The molecular formula is C16H24N2O. The minimum Gasteiger partial charge on any atom is -0.371 e. The Hall–Kier alpha value is -1.51. The summed E-state index contributed by atoms with van der Waals surface area (Å²) in [5.74, 6) is -0.235. The smallest absolute Gasteiger partial charge is 0.243 e. The number of hydrogen-bond acceptors (Lipinski definition) is 2. The Labute approximate surface area is 115 Å². The van der Waals surface area contributed by atoms with Crippen LogP contribution in [0.25, 0.3) is 0 Å². The van der Waals surface area contributed by atoms with E-state index in [9.17, 15) is 4.79 Å². The molecule has 3 heteroatoms. The van der Waals surface area contributed by atoms with Crippen molar-refractivity contribution >= 4 is 11.6 Å². The monoisotopic (exact) mass is 260 g/mol. The number of rotatable bonds is 3. The van der Waals surface area contributed by atoms with Gasteiger partial charge in [-0.2, -0.15) is 0 Å². The summed E-state index contributed by atoms with van der Waals surface area (Å²) in [4.78, 5) is 12.0. The summed E-state index contributed by atoms with van der Waals surface area (Å²) in [6, 6.07) is 8.12. The third kappa shape index (κ3) is 3.09. The van der Waals surface area contributed by atoms with Crippen LogP contribution in [0.4, 0.5) is 5.69 Å². The molecule has 1 aliphatic rings. The van der Waals surface area contributed by atoms with Gasteiger partial charge in [-0.05, 0) is 43.7 Å². The van der Waals surface area contributed by atoms with Crippen molar-refractivity contribution in [2.75, 3.05) is 5.32 Å². The quantitative estimate of drug-likeness (QED) is 0.876. The molecule has 2 rings (SSSR count). The molecule has 1 aromatic carbocycles. The molecule has 0 spiro atoms. The molecule has 0 aromatic heterocycles. The number of amides is 1. The van der Waals surface area contributed by atoms with Crippen molar-refractivity contribution in [1.82, 2.24) is 0 Å². The van der Waals surface area contributed by atoms with Gasteiger partial charge in [0.15, 0.2) is 0 Å². The Bertz CT molecular complexity index is 464. The molecule has 19 heavy (non-hydrogen) atoms. The van der Waals surface area contributed by atoms with Gasteiger partial charge in [0.05, 0.1) is 0 Å². The van der Waals surface area contributed by atoms with Gasteiger partial charge in [0, 0.05) is 5.69 Å². The lowest BCUT2D eigenvalue weighted by atomic mass is 9.67. The van der Waals surface area contributed by atoms with Crippen LogP contribution in [0, 0.1) is 12.3 Å². The molecule has 0 saturated heterocycles. The van der Waals surface area contributed by atoms with Crippen molar-refractivity contribution in [2.45, 2.75) is 52.0 Å². The van der Waals surface area contributed by atoms with Crippen LogP contribution in [0.2, 0.25) is 0 Å². The zero-order valence-electron chi connectivity index (χ0n) is 12.1. The molecule has 0 bridgehead atoms. The number of nitrogens with two attached hydrogens (primary N) is 1. The average Bonchev–Trinajstić information content (AvgIpc) is 2.31. The molecule has 1 aromatic rings. The van der Waals surface area contributed by atoms with E-state index in [1.165, 1.54) is 5.56 Å². The van der Waals surface area contributed by atoms with Crippen LogP contribution in [0.5, 0.6) is 0 Å². The maximum atomic E-state index is 12.0. The average molecular weight is 260 g/mol. The molecule has 1 aliphatic carbocycles. The standard InChI is InChI=1S/C16H24N2O/c1-12-5-7-13(8-6-12)18-16(14(17)19)10-4-9-15(2,3)11-16/h5-8,18H,4,9-11H2,1-3H3,(H2,17,19). The van der Waals surface area contributed by atoms with Crippen LogP contribution in [-0.2, 0) is 4.79 Å². The lowest BCUT2D eigenvalue weighted by molar-refractivity contribution is -0.124. The third-order valence-electron chi connectivity index (χ3n) is 4.14. The minimum atomic E-state index is -0.600. The molecule has 3 N–H and O–H groups in total. The molecule has 0 heterocycles. The van der Waals surface area contributed by atoms with Crippen LogP contribution in [-0.4, -0.2) is 11.4 Å². The summed E-state index contributed by atoms with van der Waals surface area (Å²) in [5, 5.41) is 3.40. The molecule has 3 nitrogen and oxygen atoms in total. The van der Waals surface area contributed by atoms with E-state index < -0.39 is 5.54 Å². The zero-order valence-corrected chi connectivity index (χ0v) is 12.1. The fourth-order valence-electron chi connectivity index (χ4n) is 3.15. The number of hydrogen-bond donors (Lipinski definition) is 2. The summed E-state index contributed by atoms with van der Waals surface area (Å²) in [6.07, 6.45) is 3.80. The maximum Gasteiger partial charge on any atom is 0.243 e. The number of anilines is 1. The Morgan fingerprint density at radius 1 is 1.21 bits per heavy atom. The molecule has 1 unspecified atom stereocenters. The number of primary amides is 1. The van der Waals surface area contributed by atoms with E-state index in [2.05, 4.69) is 26.1 Å². The molecule has 1 amide bonds. The Balaban J connectivity index is 2.25.